The van der Waals surface area contributed by atoms with Gasteiger partial charge in [0, 0.05) is 36.8 Å². The summed E-state index contributed by atoms with van der Waals surface area (Å²) in [7, 11) is 0. The van der Waals surface area contributed by atoms with Crippen LogP contribution in [0.25, 0.3) is 0 Å². The maximum Gasteiger partial charge on any atom is 0.243 e. The van der Waals surface area contributed by atoms with Gasteiger partial charge in [-0.2, -0.15) is 11.8 Å². The molecule has 1 aliphatic rings. The standard InChI is InChI=1S/C19H30N4O2S.2ClH/c1-13(2)18(20)19(25)21-11-17(24)22-16-5-4-15(10-14(16)3)12-23-6-8-26-9-7-23;;/h4-5,10,13,18H,6-9,11-12,20H2,1-3H3,(H,21,25)(H,22,24);2*1H/t18-;;/m0../s1. The van der Waals surface area contributed by atoms with Crippen LogP contribution in [0.5, 0.6) is 0 Å². The molecule has 1 saturated heterocycles. The summed E-state index contributed by atoms with van der Waals surface area (Å²) in [6, 6.07) is 5.50. The lowest BCUT2D eigenvalue weighted by Gasteiger charge is -2.26. The molecule has 4 N–H and O–H groups in total. The van der Waals surface area contributed by atoms with Crippen LogP contribution in [0.1, 0.15) is 25.0 Å². The molecule has 0 saturated carbocycles. The van der Waals surface area contributed by atoms with Crippen molar-refractivity contribution in [3.05, 3.63) is 29.3 Å². The van der Waals surface area contributed by atoms with E-state index in [4.69, 9.17) is 5.73 Å². The molecule has 2 amide bonds. The smallest absolute Gasteiger partial charge is 0.243 e. The summed E-state index contributed by atoms with van der Waals surface area (Å²) in [6.45, 7) is 8.85. The third-order valence-electron chi connectivity index (χ3n) is 4.52. The molecule has 0 radical (unpaired) electrons. The second-order valence-electron chi connectivity index (χ2n) is 7.07. The Morgan fingerprint density at radius 2 is 1.86 bits per heavy atom. The van der Waals surface area contributed by atoms with E-state index >= 15 is 0 Å². The molecule has 1 aromatic rings. The number of hydrogen-bond donors (Lipinski definition) is 3. The van der Waals surface area contributed by atoms with Crippen molar-refractivity contribution in [3.63, 3.8) is 0 Å². The number of rotatable bonds is 7. The molecule has 1 atom stereocenters. The molecule has 0 aliphatic carbocycles. The predicted molar refractivity (Wildman–Crippen MR) is 123 cm³/mol. The second-order valence-corrected chi connectivity index (χ2v) is 8.30. The lowest BCUT2D eigenvalue weighted by molar-refractivity contribution is -0.125. The summed E-state index contributed by atoms with van der Waals surface area (Å²) in [5.74, 6) is 1.87. The van der Waals surface area contributed by atoms with E-state index in [-0.39, 0.29) is 49.1 Å². The molecule has 0 bridgehead atoms. The van der Waals surface area contributed by atoms with Gasteiger partial charge in [0.1, 0.15) is 0 Å². The van der Waals surface area contributed by atoms with Gasteiger partial charge in [-0.15, -0.1) is 24.8 Å². The van der Waals surface area contributed by atoms with Crippen molar-refractivity contribution in [1.29, 1.82) is 0 Å². The normalized spacial score (nSPS) is 15.2. The van der Waals surface area contributed by atoms with Crippen LogP contribution in [0.3, 0.4) is 0 Å². The highest BCUT2D eigenvalue weighted by molar-refractivity contribution is 7.99. The fraction of sp³-hybridized carbons (Fsp3) is 0.579. The Balaban J connectivity index is 0.00000364. The number of hydrogen-bond acceptors (Lipinski definition) is 5. The van der Waals surface area contributed by atoms with Crippen molar-refractivity contribution in [2.75, 3.05) is 36.5 Å². The average molecular weight is 451 g/mol. The zero-order valence-electron chi connectivity index (χ0n) is 16.7. The van der Waals surface area contributed by atoms with Crippen molar-refractivity contribution in [2.24, 2.45) is 11.7 Å². The van der Waals surface area contributed by atoms with Gasteiger partial charge < -0.3 is 16.4 Å². The maximum absolute atomic E-state index is 12.1. The number of aryl methyl sites for hydroxylation is 1. The molecular formula is C19H32Cl2N4O2S. The minimum atomic E-state index is -0.600. The van der Waals surface area contributed by atoms with Gasteiger partial charge in [-0.1, -0.05) is 26.0 Å². The highest BCUT2D eigenvalue weighted by Crippen LogP contribution is 2.19. The fourth-order valence-electron chi connectivity index (χ4n) is 2.76. The van der Waals surface area contributed by atoms with Crippen LogP contribution in [0.2, 0.25) is 0 Å². The van der Waals surface area contributed by atoms with Gasteiger partial charge in [0.25, 0.3) is 0 Å². The summed E-state index contributed by atoms with van der Waals surface area (Å²) in [4.78, 5) is 26.4. The molecule has 28 heavy (non-hydrogen) atoms. The number of benzene rings is 1. The third-order valence-corrected chi connectivity index (χ3v) is 5.46. The zero-order valence-corrected chi connectivity index (χ0v) is 19.1. The van der Waals surface area contributed by atoms with E-state index in [1.165, 1.54) is 17.1 Å². The Hall–Kier alpha value is -0.990. The monoisotopic (exact) mass is 450 g/mol. The van der Waals surface area contributed by atoms with E-state index in [1.807, 2.05) is 38.6 Å². The van der Waals surface area contributed by atoms with E-state index in [1.54, 1.807) is 0 Å². The maximum atomic E-state index is 12.1. The van der Waals surface area contributed by atoms with Gasteiger partial charge in [0.15, 0.2) is 0 Å². The number of nitrogens with two attached hydrogens (primary N) is 1. The number of anilines is 1. The molecule has 1 fully saturated rings. The van der Waals surface area contributed by atoms with Crippen molar-refractivity contribution >= 4 is 54.1 Å². The van der Waals surface area contributed by atoms with Crippen molar-refractivity contribution < 1.29 is 9.59 Å². The Bertz CT molecular complexity index is 640. The Kier molecular flexibility index (Phi) is 12.8. The number of carbonyl (C=O) groups excluding carboxylic acids is 2. The van der Waals surface area contributed by atoms with E-state index < -0.39 is 6.04 Å². The minimum Gasteiger partial charge on any atom is -0.346 e. The van der Waals surface area contributed by atoms with Gasteiger partial charge in [-0.05, 0) is 30.0 Å². The van der Waals surface area contributed by atoms with Crippen LogP contribution >= 0.6 is 36.6 Å². The van der Waals surface area contributed by atoms with Gasteiger partial charge in [0.05, 0.1) is 12.6 Å². The number of halogens is 2. The molecule has 0 unspecified atom stereocenters. The van der Waals surface area contributed by atoms with E-state index in [2.05, 4.69) is 27.7 Å². The average Bonchev–Trinajstić information content (AvgIpc) is 2.62. The van der Waals surface area contributed by atoms with Crippen LogP contribution in [0.4, 0.5) is 5.69 Å². The van der Waals surface area contributed by atoms with Crippen LogP contribution in [-0.4, -0.2) is 53.9 Å². The molecule has 1 aliphatic heterocycles. The third kappa shape index (κ3) is 8.57. The Morgan fingerprint density at radius 1 is 1.21 bits per heavy atom. The zero-order chi connectivity index (χ0) is 19.1. The molecular weight excluding hydrogens is 419 g/mol. The molecule has 1 heterocycles. The molecule has 0 aromatic heterocycles. The Labute approximate surface area is 184 Å². The lowest BCUT2D eigenvalue weighted by Crippen LogP contribution is -2.46. The summed E-state index contributed by atoms with van der Waals surface area (Å²) in [6.07, 6.45) is 0. The number of amides is 2. The van der Waals surface area contributed by atoms with Gasteiger partial charge in [-0.3, -0.25) is 14.5 Å². The fourth-order valence-corrected chi connectivity index (χ4v) is 3.74. The molecule has 9 heteroatoms. The summed E-state index contributed by atoms with van der Waals surface area (Å²) < 4.78 is 0. The largest absolute Gasteiger partial charge is 0.346 e. The van der Waals surface area contributed by atoms with Crippen LogP contribution in [-0.2, 0) is 16.1 Å². The van der Waals surface area contributed by atoms with Crippen LogP contribution < -0.4 is 16.4 Å². The van der Waals surface area contributed by atoms with Crippen LogP contribution in [0, 0.1) is 12.8 Å². The van der Waals surface area contributed by atoms with Gasteiger partial charge in [0.2, 0.25) is 11.8 Å². The van der Waals surface area contributed by atoms with E-state index in [9.17, 15) is 9.59 Å². The summed E-state index contributed by atoms with van der Waals surface area (Å²) in [5.41, 5.74) is 8.81. The second kappa shape index (κ2) is 13.3. The number of thioether (sulfide) groups is 1. The highest BCUT2D eigenvalue weighted by Gasteiger charge is 2.18. The molecule has 160 valence electrons. The summed E-state index contributed by atoms with van der Waals surface area (Å²) >= 11 is 2.00. The first kappa shape index (κ1) is 27.0. The number of nitrogens with zero attached hydrogens (tertiary/aromatic N) is 1. The molecule has 6 nitrogen and oxygen atoms in total. The quantitative estimate of drug-likeness (QED) is 0.593. The van der Waals surface area contributed by atoms with Crippen molar-refractivity contribution in [1.82, 2.24) is 10.2 Å². The van der Waals surface area contributed by atoms with Gasteiger partial charge in [-0.25, -0.2) is 0 Å². The first-order valence-corrected chi connectivity index (χ1v) is 10.2. The molecule has 2 rings (SSSR count). The highest BCUT2D eigenvalue weighted by atomic mass is 35.5. The SMILES string of the molecule is Cc1cc(CN2CCSCC2)ccc1NC(=O)CNC(=O)[C@@H](N)C(C)C.Cl.Cl. The minimum absolute atomic E-state index is 0. The number of nitrogens with one attached hydrogen (secondary N) is 2. The first-order valence-electron chi connectivity index (χ1n) is 9.09. The summed E-state index contributed by atoms with van der Waals surface area (Å²) in [5, 5.41) is 5.44. The first-order chi connectivity index (χ1) is 12.4. The van der Waals surface area contributed by atoms with E-state index in [0.29, 0.717) is 0 Å². The Morgan fingerprint density at radius 3 is 2.43 bits per heavy atom. The molecule has 1 aromatic carbocycles. The van der Waals surface area contributed by atoms with Crippen LogP contribution in [0.15, 0.2) is 18.2 Å². The lowest BCUT2D eigenvalue weighted by atomic mass is 10.1. The van der Waals surface area contributed by atoms with Crippen molar-refractivity contribution in [3.8, 4) is 0 Å². The topological polar surface area (TPSA) is 87.5 Å². The predicted octanol–water partition coefficient (Wildman–Crippen LogP) is 2.43. The number of carbonyl (C=O) groups is 2. The van der Waals surface area contributed by atoms with Gasteiger partial charge >= 0.3 is 0 Å². The van der Waals surface area contributed by atoms with Crippen molar-refractivity contribution in [2.45, 2.75) is 33.4 Å². The van der Waals surface area contributed by atoms with E-state index in [0.717, 1.165) is 30.9 Å². The molecule has 0 spiro atoms.